The van der Waals surface area contributed by atoms with Crippen LogP contribution in [0.1, 0.15) is 25.6 Å². The first-order chi connectivity index (χ1) is 14.7. The van der Waals surface area contributed by atoms with Crippen molar-refractivity contribution < 1.29 is 9.15 Å². The highest BCUT2D eigenvalue weighted by atomic mass is 35.5. The fourth-order valence-electron chi connectivity index (χ4n) is 2.88. The number of ether oxygens (including phenoxy) is 1. The molecule has 2 aromatic carbocycles. The van der Waals surface area contributed by atoms with Crippen LogP contribution in [-0.4, -0.2) is 31.6 Å². The van der Waals surface area contributed by atoms with Crippen LogP contribution >= 0.6 is 23.4 Å². The number of hydrogen-bond acceptors (Lipinski definition) is 7. The van der Waals surface area contributed by atoms with Gasteiger partial charge in [0.1, 0.15) is 5.75 Å². The van der Waals surface area contributed by atoms with Crippen LogP contribution in [0, 0.1) is 0 Å². The molecule has 0 N–H and O–H groups in total. The van der Waals surface area contributed by atoms with Gasteiger partial charge in [0.15, 0.2) is 11.0 Å². The smallest absolute Gasteiger partial charge is 0.226 e. The summed E-state index contributed by atoms with van der Waals surface area (Å²) in [4.78, 5) is 0. The molecule has 0 saturated heterocycles. The van der Waals surface area contributed by atoms with Gasteiger partial charge in [-0.15, -0.1) is 20.4 Å². The Bertz CT molecular complexity index is 1130. The van der Waals surface area contributed by atoms with Crippen molar-refractivity contribution in [3.05, 3.63) is 65.3 Å². The van der Waals surface area contributed by atoms with E-state index in [0.717, 1.165) is 17.0 Å². The number of rotatable bonds is 8. The number of hydrogen-bond donors (Lipinski definition) is 0. The van der Waals surface area contributed by atoms with E-state index in [-0.39, 0.29) is 0 Å². The van der Waals surface area contributed by atoms with E-state index in [4.69, 9.17) is 20.8 Å². The van der Waals surface area contributed by atoms with E-state index in [9.17, 15) is 0 Å². The van der Waals surface area contributed by atoms with Crippen LogP contribution in [0.2, 0.25) is 5.02 Å². The minimum absolute atomic E-state index is 0.498. The van der Waals surface area contributed by atoms with Crippen LogP contribution < -0.4 is 4.74 Å². The standard InChI is InChI=1S/C21H20ClN5O2S/c1-3-18-23-24-19(29-18)13-30-21-26-25-20(14-6-5-7-15(22)12-14)27(21)16-8-10-17(11-9-16)28-4-2/h5-12H,3-4,13H2,1-2H3. The van der Waals surface area contributed by atoms with Crippen LogP contribution in [0.15, 0.2) is 58.1 Å². The lowest BCUT2D eigenvalue weighted by Gasteiger charge is -2.11. The summed E-state index contributed by atoms with van der Waals surface area (Å²) in [7, 11) is 0. The Morgan fingerprint density at radius 3 is 2.50 bits per heavy atom. The molecule has 0 aliphatic rings. The Morgan fingerprint density at radius 1 is 1.00 bits per heavy atom. The van der Waals surface area contributed by atoms with Gasteiger partial charge in [0, 0.05) is 22.7 Å². The molecule has 2 aromatic heterocycles. The van der Waals surface area contributed by atoms with E-state index in [1.807, 2.05) is 66.9 Å². The fraction of sp³-hybridized carbons (Fsp3) is 0.238. The lowest BCUT2D eigenvalue weighted by molar-refractivity contribution is 0.340. The third-order valence-electron chi connectivity index (χ3n) is 4.26. The quantitative estimate of drug-likeness (QED) is 0.346. The molecule has 154 valence electrons. The molecule has 0 spiro atoms. The van der Waals surface area contributed by atoms with E-state index < -0.39 is 0 Å². The molecular formula is C21H20ClN5O2S. The first kappa shape index (κ1) is 20.4. The molecule has 7 nitrogen and oxygen atoms in total. The molecule has 9 heteroatoms. The zero-order chi connectivity index (χ0) is 20.9. The van der Waals surface area contributed by atoms with Gasteiger partial charge in [0.05, 0.1) is 12.4 Å². The molecular weight excluding hydrogens is 422 g/mol. The largest absolute Gasteiger partial charge is 0.494 e. The Balaban J connectivity index is 1.70. The summed E-state index contributed by atoms with van der Waals surface area (Å²) in [5.74, 6) is 3.19. The van der Waals surface area contributed by atoms with Crippen molar-refractivity contribution in [3.8, 4) is 22.8 Å². The second-order valence-corrected chi connectivity index (χ2v) is 7.69. The van der Waals surface area contributed by atoms with Crippen molar-refractivity contribution in [1.82, 2.24) is 25.0 Å². The number of nitrogens with zero attached hydrogens (tertiary/aromatic N) is 5. The Kier molecular flexibility index (Phi) is 6.35. The molecule has 0 amide bonds. The zero-order valence-electron chi connectivity index (χ0n) is 16.6. The SMILES string of the molecule is CCOc1ccc(-n2c(SCc3nnc(CC)o3)nnc2-c2cccc(Cl)c2)cc1. The average Bonchev–Trinajstić information content (AvgIpc) is 3.40. The van der Waals surface area contributed by atoms with Crippen molar-refractivity contribution in [2.24, 2.45) is 0 Å². The molecule has 0 aliphatic carbocycles. The number of benzene rings is 2. The summed E-state index contributed by atoms with van der Waals surface area (Å²) in [6.07, 6.45) is 0.707. The lowest BCUT2D eigenvalue weighted by Crippen LogP contribution is -2.00. The minimum atomic E-state index is 0.498. The first-order valence-electron chi connectivity index (χ1n) is 9.56. The van der Waals surface area contributed by atoms with Gasteiger partial charge in [-0.3, -0.25) is 4.57 Å². The second kappa shape index (κ2) is 9.32. The van der Waals surface area contributed by atoms with Crippen molar-refractivity contribution in [1.29, 1.82) is 0 Å². The Morgan fingerprint density at radius 2 is 1.80 bits per heavy atom. The summed E-state index contributed by atoms with van der Waals surface area (Å²) >= 11 is 7.69. The van der Waals surface area contributed by atoms with Gasteiger partial charge in [0.2, 0.25) is 11.8 Å². The molecule has 0 atom stereocenters. The minimum Gasteiger partial charge on any atom is -0.494 e. The molecule has 4 rings (SSSR count). The number of aromatic nitrogens is 5. The zero-order valence-corrected chi connectivity index (χ0v) is 18.2. The van der Waals surface area contributed by atoms with Crippen LogP contribution in [0.25, 0.3) is 17.1 Å². The molecule has 4 aromatic rings. The van der Waals surface area contributed by atoms with E-state index in [1.165, 1.54) is 11.8 Å². The molecule has 0 radical (unpaired) electrons. The van der Waals surface area contributed by atoms with Crippen molar-refractivity contribution in [2.75, 3.05) is 6.61 Å². The van der Waals surface area contributed by atoms with Gasteiger partial charge < -0.3 is 9.15 Å². The van der Waals surface area contributed by atoms with Crippen LogP contribution in [0.3, 0.4) is 0 Å². The molecule has 0 bridgehead atoms. The van der Waals surface area contributed by atoms with E-state index >= 15 is 0 Å². The predicted molar refractivity (Wildman–Crippen MR) is 116 cm³/mol. The van der Waals surface area contributed by atoms with E-state index in [0.29, 0.717) is 46.6 Å². The molecule has 0 unspecified atom stereocenters. The van der Waals surface area contributed by atoms with Gasteiger partial charge in [-0.05, 0) is 43.3 Å². The van der Waals surface area contributed by atoms with Gasteiger partial charge in [-0.1, -0.05) is 42.4 Å². The molecule has 30 heavy (non-hydrogen) atoms. The third kappa shape index (κ3) is 4.49. The average molecular weight is 442 g/mol. The first-order valence-corrected chi connectivity index (χ1v) is 10.9. The van der Waals surface area contributed by atoms with Crippen LogP contribution in [0.4, 0.5) is 0 Å². The van der Waals surface area contributed by atoms with Gasteiger partial charge in [0.25, 0.3) is 0 Å². The highest BCUT2D eigenvalue weighted by molar-refractivity contribution is 7.98. The monoisotopic (exact) mass is 441 g/mol. The highest BCUT2D eigenvalue weighted by Crippen LogP contribution is 2.31. The summed E-state index contributed by atoms with van der Waals surface area (Å²) in [5.41, 5.74) is 1.79. The predicted octanol–water partition coefficient (Wildman–Crippen LogP) is 5.22. The van der Waals surface area contributed by atoms with Crippen molar-refractivity contribution in [3.63, 3.8) is 0 Å². The summed E-state index contributed by atoms with van der Waals surface area (Å²) in [6.45, 7) is 4.55. The summed E-state index contributed by atoms with van der Waals surface area (Å²) in [5, 5.41) is 18.3. The maximum atomic E-state index is 6.21. The fourth-order valence-corrected chi connectivity index (χ4v) is 3.86. The van der Waals surface area contributed by atoms with Crippen LogP contribution in [-0.2, 0) is 12.2 Å². The molecule has 2 heterocycles. The van der Waals surface area contributed by atoms with Crippen molar-refractivity contribution >= 4 is 23.4 Å². The number of aryl methyl sites for hydroxylation is 1. The number of thioether (sulfide) groups is 1. The van der Waals surface area contributed by atoms with E-state index in [2.05, 4.69) is 20.4 Å². The maximum absolute atomic E-state index is 6.21. The Hall–Kier alpha value is -2.84. The van der Waals surface area contributed by atoms with Crippen LogP contribution in [0.5, 0.6) is 5.75 Å². The van der Waals surface area contributed by atoms with Gasteiger partial charge in [-0.25, -0.2) is 0 Å². The second-order valence-electron chi connectivity index (χ2n) is 6.31. The van der Waals surface area contributed by atoms with E-state index in [1.54, 1.807) is 0 Å². The lowest BCUT2D eigenvalue weighted by atomic mass is 10.2. The molecule has 0 fully saturated rings. The number of halogens is 1. The highest BCUT2D eigenvalue weighted by Gasteiger charge is 2.18. The topological polar surface area (TPSA) is 78.9 Å². The van der Waals surface area contributed by atoms with Gasteiger partial charge in [-0.2, -0.15) is 0 Å². The molecule has 0 saturated carbocycles. The summed E-state index contributed by atoms with van der Waals surface area (Å²) in [6, 6.07) is 15.4. The normalized spacial score (nSPS) is 11.0. The molecule has 0 aliphatic heterocycles. The maximum Gasteiger partial charge on any atom is 0.226 e. The summed E-state index contributed by atoms with van der Waals surface area (Å²) < 4.78 is 13.2. The van der Waals surface area contributed by atoms with Crippen molar-refractivity contribution in [2.45, 2.75) is 31.2 Å². The van der Waals surface area contributed by atoms with Gasteiger partial charge >= 0.3 is 0 Å². The third-order valence-corrected chi connectivity index (χ3v) is 5.41. The Labute approximate surface area is 183 Å².